The van der Waals surface area contributed by atoms with Gasteiger partial charge in [-0.1, -0.05) is 35.5 Å². The van der Waals surface area contributed by atoms with Crippen LogP contribution in [0.2, 0.25) is 0 Å². The second kappa shape index (κ2) is 5.26. The maximum atomic E-state index is 10.1. The minimum absolute atomic E-state index is 0.289. The fourth-order valence-corrected chi connectivity index (χ4v) is 1.95. The Morgan fingerprint density at radius 3 is 2.80 bits per heavy atom. The number of aryl methyl sites for hydroxylation is 1. The van der Waals surface area contributed by atoms with Gasteiger partial charge in [0.15, 0.2) is 0 Å². The molecule has 0 amide bonds. The molecular formula is C14H14N4O2. The lowest BCUT2D eigenvalue weighted by atomic mass is 10.1. The summed E-state index contributed by atoms with van der Waals surface area (Å²) in [6.07, 6.45) is 3.11. The summed E-state index contributed by atoms with van der Waals surface area (Å²) in [6.45, 7) is 0. The summed E-state index contributed by atoms with van der Waals surface area (Å²) in [6, 6.07) is 9.40. The molecule has 6 heteroatoms. The minimum atomic E-state index is -0.654. The number of aliphatic hydroxyl groups excluding tert-OH is 1. The lowest BCUT2D eigenvalue weighted by Crippen LogP contribution is -2.01. The van der Waals surface area contributed by atoms with Gasteiger partial charge >= 0.3 is 0 Å². The molecule has 3 rings (SSSR count). The van der Waals surface area contributed by atoms with Gasteiger partial charge in [0, 0.05) is 13.2 Å². The van der Waals surface area contributed by atoms with E-state index in [2.05, 4.69) is 15.2 Å². The maximum Gasteiger partial charge on any atom is 0.229 e. The summed E-state index contributed by atoms with van der Waals surface area (Å²) in [5, 5.41) is 18.1. The van der Waals surface area contributed by atoms with E-state index < -0.39 is 6.10 Å². The maximum absolute atomic E-state index is 10.1. The third-order valence-electron chi connectivity index (χ3n) is 2.98. The first kappa shape index (κ1) is 12.6. The molecule has 0 aliphatic heterocycles. The Morgan fingerprint density at radius 2 is 2.10 bits per heavy atom. The van der Waals surface area contributed by atoms with E-state index in [1.807, 2.05) is 43.6 Å². The zero-order chi connectivity index (χ0) is 13.9. The van der Waals surface area contributed by atoms with Gasteiger partial charge in [-0.05, 0) is 5.56 Å². The van der Waals surface area contributed by atoms with Crippen LogP contribution in [-0.4, -0.2) is 25.0 Å². The third kappa shape index (κ3) is 2.60. The lowest BCUT2D eigenvalue weighted by molar-refractivity contribution is 0.165. The molecule has 1 N–H and O–H groups in total. The molecule has 0 fully saturated rings. The molecule has 102 valence electrons. The van der Waals surface area contributed by atoms with Crippen molar-refractivity contribution in [3.05, 3.63) is 54.2 Å². The Labute approximate surface area is 115 Å². The second-order valence-corrected chi connectivity index (χ2v) is 4.55. The normalized spacial score (nSPS) is 12.5. The fourth-order valence-electron chi connectivity index (χ4n) is 1.95. The van der Waals surface area contributed by atoms with Crippen LogP contribution >= 0.6 is 0 Å². The van der Waals surface area contributed by atoms with Crippen LogP contribution in [-0.2, 0) is 13.5 Å². The van der Waals surface area contributed by atoms with Crippen LogP contribution < -0.4 is 0 Å². The summed E-state index contributed by atoms with van der Waals surface area (Å²) in [7, 11) is 1.82. The Bertz CT molecular complexity index is 690. The number of rotatable bonds is 4. The SMILES string of the molecule is Cn1cc(-c2noc(CC(O)c3ccccc3)n2)cn1. The first-order chi connectivity index (χ1) is 9.72. The highest BCUT2D eigenvalue weighted by atomic mass is 16.5. The van der Waals surface area contributed by atoms with Crippen LogP contribution in [0.3, 0.4) is 0 Å². The van der Waals surface area contributed by atoms with Gasteiger partial charge < -0.3 is 9.63 Å². The zero-order valence-corrected chi connectivity index (χ0v) is 11.0. The van der Waals surface area contributed by atoms with Gasteiger partial charge in [-0.2, -0.15) is 10.1 Å². The second-order valence-electron chi connectivity index (χ2n) is 4.55. The average molecular weight is 270 g/mol. The van der Waals surface area contributed by atoms with Crippen LogP contribution in [0.5, 0.6) is 0 Å². The molecule has 0 aliphatic carbocycles. The fraction of sp³-hybridized carbons (Fsp3) is 0.214. The average Bonchev–Trinajstić information content (AvgIpc) is 3.09. The van der Waals surface area contributed by atoms with Gasteiger partial charge in [-0.25, -0.2) is 0 Å². The van der Waals surface area contributed by atoms with E-state index in [-0.39, 0.29) is 6.42 Å². The van der Waals surface area contributed by atoms with Crippen molar-refractivity contribution in [2.24, 2.45) is 7.05 Å². The number of nitrogens with zero attached hydrogens (tertiary/aromatic N) is 4. The highest BCUT2D eigenvalue weighted by Gasteiger charge is 2.15. The summed E-state index contributed by atoms with van der Waals surface area (Å²) >= 11 is 0. The molecule has 2 aromatic heterocycles. The molecule has 0 saturated carbocycles. The van der Waals surface area contributed by atoms with Crippen molar-refractivity contribution < 1.29 is 9.63 Å². The van der Waals surface area contributed by atoms with E-state index in [0.717, 1.165) is 11.1 Å². The molecule has 1 atom stereocenters. The molecule has 20 heavy (non-hydrogen) atoms. The Balaban J connectivity index is 1.74. The van der Waals surface area contributed by atoms with Gasteiger partial charge in [0.2, 0.25) is 11.7 Å². The number of hydrogen-bond acceptors (Lipinski definition) is 5. The number of hydrogen-bond donors (Lipinski definition) is 1. The van der Waals surface area contributed by atoms with Crippen molar-refractivity contribution in [1.82, 2.24) is 19.9 Å². The van der Waals surface area contributed by atoms with Gasteiger partial charge in [0.25, 0.3) is 0 Å². The van der Waals surface area contributed by atoms with E-state index in [1.165, 1.54) is 0 Å². The van der Waals surface area contributed by atoms with E-state index in [0.29, 0.717) is 11.7 Å². The van der Waals surface area contributed by atoms with Crippen molar-refractivity contribution in [2.45, 2.75) is 12.5 Å². The number of aliphatic hydroxyl groups is 1. The van der Waals surface area contributed by atoms with Gasteiger partial charge in [0.1, 0.15) is 0 Å². The first-order valence-corrected chi connectivity index (χ1v) is 6.27. The summed E-state index contributed by atoms with van der Waals surface area (Å²) < 4.78 is 6.83. The topological polar surface area (TPSA) is 77.0 Å². The molecule has 0 radical (unpaired) electrons. The number of aromatic nitrogens is 4. The molecule has 3 aromatic rings. The zero-order valence-electron chi connectivity index (χ0n) is 11.0. The largest absolute Gasteiger partial charge is 0.388 e. The lowest BCUT2D eigenvalue weighted by Gasteiger charge is -2.07. The summed E-state index contributed by atoms with van der Waals surface area (Å²) in [5.41, 5.74) is 1.62. The predicted octanol–water partition coefficient (Wildman–Crippen LogP) is 1.75. The standard InChI is InChI=1S/C14H14N4O2/c1-18-9-11(8-15-18)14-16-13(20-17-14)7-12(19)10-5-3-2-4-6-10/h2-6,8-9,12,19H,7H2,1H3. The van der Waals surface area contributed by atoms with Gasteiger partial charge in [0.05, 0.1) is 24.3 Å². The minimum Gasteiger partial charge on any atom is -0.388 e. The van der Waals surface area contributed by atoms with E-state index in [9.17, 15) is 5.11 Å². The predicted molar refractivity (Wildman–Crippen MR) is 71.6 cm³/mol. The monoisotopic (exact) mass is 270 g/mol. The number of benzene rings is 1. The van der Waals surface area contributed by atoms with Crippen LogP contribution in [0.25, 0.3) is 11.4 Å². The Morgan fingerprint density at radius 1 is 1.30 bits per heavy atom. The van der Waals surface area contributed by atoms with Gasteiger partial charge in [-0.3, -0.25) is 4.68 Å². The van der Waals surface area contributed by atoms with Crippen molar-refractivity contribution >= 4 is 0 Å². The molecule has 1 unspecified atom stereocenters. The molecule has 0 spiro atoms. The first-order valence-electron chi connectivity index (χ1n) is 6.27. The quantitative estimate of drug-likeness (QED) is 0.781. The molecule has 2 heterocycles. The Kier molecular flexibility index (Phi) is 3.30. The summed E-state index contributed by atoms with van der Waals surface area (Å²) in [4.78, 5) is 4.27. The van der Waals surface area contributed by atoms with Crippen molar-refractivity contribution in [3.63, 3.8) is 0 Å². The highest BCUT2D eigenvalue weighted by Crippen LogP contribution is 2.19. The van der Waals surface area contributed by atoms with E-state index in [4.69, 9.17) is 4.52 Å². The molecular weight excluding hydrogens is 256 g/mol. The van der Waals surface area contributed by atoms with Crippen LogP contribution in [0.4, 0.5) is 0 Å². The van der Waals surface area contributed by atoms with Crippen LogP contribution in [0.15, 0.2) is 47.2 Å². The molecule has 0 bridgehead atoms. The molecule has 6 nitrogen and oxygen atoms in total. The van der Waals surface area contributed by atoms with Crippen molar-refractivity contribution in [2.75, 3.05) is 0 Å². The molecule has 1 aromatic carbocycles. The van der Waals surface area contributed by atoms with E-state index >= 15 is 0 Å². The molecule has 0 aliphatic rings. The highest BCUT2D eigenvalue weighted by molar-refractivity contribution is 5.50. The van der Waals surface area contributed by atoms with Crippen LogP contribution in [0, 0.1) is 0 Å². The van der Waals surface area contributed by atoms with Crippen LogP contribution in [0.1, 0.15) is 17.6 Å². The third-order valence-corrected chi connectivity index (χ3v) is 2.98. The van der Waals surface area contributed by atoms with E-state index in [1.54, 1.807) is 10.9 Å². The van der Waals surface area contributed by atoms with Crippen molar-refractivity contribution in [3.8, 4) is 11.4 Å². The molecule has 0 saturated heterocycles. The summed E-state index contributed by atoms with van der Waals surface area (Å²) in [5.74, 6) is 0.883. The van der Waals surface area contributed by atoms with Gasteiger partial charge in [-0.15, -0.1) is 0 Å². The van der Waals surface area contributed by atoms with Crippen molar-refractivity contribution in [1.29, 1.82) is 0 Å². The smallest absolute Gasteiger partial charge is 0.229 e. The Hall–Kier alpha value is -2.47.